The zero-order valence-electron chi connectivity index (χ0n) is 16.7. The predicted molar refractivity (Wildman–Crippen MR) is 118 cm³/mol. The monoisotopic (exact) mass is 427 g/mol. The third-order valence-corrected chi connectivity index (χ3v) is 5.43. The quantitative estimate of drug-likeness (QED) is 0.664. The maximum absolute atomic E-state index is 12.9. The summed E-state index contributed by atoms with van der Waals surface area (Å²) < 4.78 is 1.54. The average Bonchev–Trinajstić information content (AvgIpc) is 3.16. The lowest BCUT2D eigenvalue weighted by molar-refractivity contribution is 0.155. The summed E-state index contributed by atoms with van der Waals surface area (Å²) in [5.74, 6) is 0.580. The Morgan fingerprint density at radius 1 is 1.27 bits per heavy atom. The molecule has 3 aromatic rings. The van der Waals surface area contributed by atoms with Crippen LogP contribution in [0, 0.1) is 0 Å². The minimum absolute atomic E-state index is 0.0218. The van der Waals surface area contributed by atoms with Gasteiger partial charge in [0.2, 0.25) is 0 Å². The number of anilines is 2. The zero-order valence-corrected chi connectivity index (χ0v) is 17.4. The number of likely N-dealkylation sites (tertiary alicyclic amines) is 1. The van der Waals surface area contributed by atoms with Gasteiger partial charge in [0.1, 0.15) is 5.82 Å². The van der Waals surface area contributed by atoms with Crippen LogP contribution in [0.15, 0.2) is 47.3 Å². The Bertz CT molecular complexity index is 1180. The maximum atomic E-state index is 12.9. The Hall–Kier alpha value is -3.26. The summed E-state index contributed by atoms with van der Waals surface area (Å²) in [7, 11) is 3.68. The molecule has 4 rings (SSSR count). The zero-order chi connectivity index (χ0) is 21.4. The van der Waals surface area contributed by atoms with Crippen molar-refractivity contribution in [2.45, 2.75) is 12.5 Å². The van der Waals surface area contributed by atoms with Gasteiger partial charge in [-0.05, 0) is 42.8 Å². The molecule has 2 heterocycles. The Labute approximate surface area is 178 Å². The first kappa shape index (κ1) is 20.0. The van der Waals surface area contributed by atoms with E-state index >= 15 is 0 Å². The van der Waals surface area contributed by atoms with Gasteiger partial charge in [-0.15, -0.1) is 0 Å². The second-order valence-corrected chi connectivity index (χ2v) is 7.95. The van der Waals surface area contributed by atoms with Crippen molar-refractivity contribution in [3.8, 4) is 5.69 Å². The number of aromatic nitrogens is 2. The van der Waals surface area contributed by atoms with Crippen LogP contribution in [0.5, 0.6) is 0 Å². The number of hydrogen-bond donors (Lipinski definition) is 2. The number of halogens is 1. The lowest BCUT2D eigenvalue weighted by atomic mass is 10.2. The number of amides is 1. The van der Waals surface area contributed by atoms with E-state index in [0.29, 0.717) is 35.1 Å². The van der Waals surface area contributed by atoms with Crippen LogP contribution >= 0.6 is 11.6 Å². The van der Waals surface area contributed by atoms with Gasteiger partial charge in [-0.2, -0.15) is 4.98 Å². The van der Waals surface area contributed by atoms with Gasteiger partial charge < -0.3 is 20.2 Å². The Kier molecular flexibility index (Phi) is 5.26. The van der Waals surface area contributed by atoms with Crippen LogP contribution in [0.2, 0.25) is 5.02 Å². The van der Waals surface area contributed by atoms with E-state index in [1.807, 2.05) is 44.4 Å². The van der Waals surface area contributed by atoms with E-state index in [1.165, 1.54) is 9.47 Å². The van der Waals surface area contributed by atoms with E-state index in [-0.39, 0.29) is 6.04 Å². The summed E-state index contributed by atoms with van der Waals surface area (Å²) in [6, 6.07) is 12.9. The largest absolute Gasteiger partial charge is 0.465 e. The highest BCUT2D eigenvalue weighted by Crippen LogP contribution is 2.27. The third-order valence-electron chi connectivity index (χ3n) is 5.19. The van der Waals surface area contributed by atoms with Crippen molar-refractivity contribution in [3.05, 3.63) is 58.0 Å². The average molecular weight is 428 g/mol. The SMILES string of the molecule is CN(C)c1nc(=O)n(-c2cccc(NC3CCN(C(=O)O)C3)c2)c2cc(Cl)ccc12. The molecule has 156 valence electrons. The molecule has 0 aliphatic carbocycles. The molecule has 0 bridgehead atoms. The molecule has 1 saturated heterocycles. The molecule has 1 atom stereocenters. The van der Waals surface area contributed by atoms with Crippen LogP contribution in [-0.4, -0.2) is 58.9 Å². The van der Waals surface area contributed by atoms with E-state index in [4.69, 9.17) is 16.7 Å². The summed E-state index contributed by atoms with van der Waals surface area (Å²) >= 11 is 6.23. The minimum Gasteiger partial charge on any atom is -0.465 e. The molecule has 0 radical (unpaired) electrons. The van der Waals surface area contributed by atoms with Gasteiger partial charge in [0.05, 0.1) is 11.2 Å². The molecule has 1 aromatic heterocycles. The van der Waals surface area contributed by atoms with Crippen LogP contribution in [0.4, 0.5) is 16.3 Å². The minimum atomic E-state index is -0.907. The predicted octanol–water partition coefficient (Wildman–Crippen LogP) is 3.27. The highest BCUT2D eigenvalue weighted by atomic mass is 35.5. The molecule has 2 N–H and O–H groups in total. The van der Waals surface area contributed by atoms with Crippen molar-refractivity contribution >= 4 is 40.1 Å². The molecular formula is C21H22ClN5O3. The van der Waals surface area contributed by atoms with E-state index in [2.05, 4.69) is 10.3 Å². The van der Waals surface area contributed by atoms with Crippen LogP contribution in [-0.2, 0) is 0 Å². The van der Waals surface area contributed by atoms with E-state index in [1.54, 1.807) is 17.0 Å². The Morgan fingerprint density at radius 3 is 2.77 bits per heavy atom. The van der Waals surface area contributed by atoms with E-state index in [0.717, 1.165) is 17.5 Å². The number of nitrogens with zero attached hydrogens (tertiary/aromatic N) is 4. The molecule has 9 heteroatoms. The van der Waals surface area contributed by atoms with Crippen molar-refractivity contribution in [1.82, 2.24) is 14.5 Å². The van der Waals surface area contributed by atoms with E-state index in [9.17, 15) is 9.59 Å². The van der Waals surface area contributed by atoms with Crippen molar-refractivity contribution in [3.63, 3.8) is 0 Å². The number of benzene rings is 2. The van der Waals surface area contributed by atoms with Crippen molar-refractivity contribution < 1.29 is 9.90 Å². The summed E-state index contributed by atoms with van der Waals surface area (Å²) in [5, 5.41) is 13.9. The standard InChI is InChI=1S/C21H22ClN5O3/c1-25(2)19-17-7-6-13(22)10-18(17)27(20(28)24-19)16-5-3-4-14(11-16)23-15-8-9-26(12-15)21(29)30/h3-7,10-11,15,23H,8-9,12H2,1-2H3,(H,29,30). The second-order valence-electron chi connectivity index (χ2n) is 7.52. The van der Waals surface area contributed by atoms with Crippen LogP contribution in [0.3, 0.4) is 0 Å². The number of carbonyl (C=O) groups is 1. The third kappa shape index (κ3) is 3.78. The molecule has 1 fully saturated rings. The van der Waals surface area contributed by atoms with Gasteiger partial charge in [-0.3, -0.25) is 4.57 Å². The highest BCUT2D eigenvalue weighted by Gasteiger charge is 2.25. The lowest BCUT2D eigenvalue weighted by Gasteiger charge is -2.19. The van der Waals surface area contributed by atoms with Crippen LogP contribution in [0.1, 0.15) is 6.42 Å². The lowest BCUT2D eigenvalue weighted by Crippen LogP contribution is -2.30. The molecule has 1 aliphatic rings. The molecular weight excluding hydrogens is 406 g/mol. The molecule has 1 aliphatic heterocycles. The topological polar surface area (TPSA) is 90.7 Å². The van der Waals surface area contributed by atoms with Crippen LogP contribution < -0.4 is 15.9 Å². The summed E-state index contributed by atoms with van der Waals surface area (Å²) in [6.45, 7) is 0.933. The molecule has 30 heavy (non-hydrogen) atoms. The smallest absolute Gasteiger partial charge is 0.407 e. The molecule has 8 nitrogen and oxygen atoms in total. The van der Waals surface area contributed by atoms with Crippen molar-refractivity contribution in [1.29, 1.82) is 0 Å². The van der Waals surface area contributed by atoms with Gasteiger partial charge in [0.25, 0.3) is 0 Å². The first-order chi connectivity index (χ1) is 14.3. The van der Waals surface area contributed by atoms with Gasteiger partial charge in [0, 0.05) is 49.3 Å². The number of fused-ring (bicyclic) bond motifs is 1. The Balaban J connectivity index is 1.75. The number of carboxylic acid groups (broad SMARTS) is 1. The van der Waals surface area contributed by atoms with Crippen LogP contribution in [0.25, 0.3) is 16.6 Å². The van der Waals surface area contributed by atoms with Gasteiger partial charge in [-0.1, -0.05) is 17.7 Å². The maximum Gasteiger partial charge on any atom is 0.407 e. The molecule has 0 saturated carbocycles. The second kappa shape index (κ2) is 7.87. The molecule has 1 amide bonds. The van der Waals surface area contributed by atoms with Crippen molar-refractivity contribution in [2.24, 2.45) is 0 Å². The van der Waals surface area contributed by atoms with Gasteiger partial charge in [-0.25, -0.2) is 9.59 Å². The number of hydrogen-bond acceptors (Lipinski definition) is 5. The van der Waals surface area contributed by atoms with Gasteiger partial charge in [0.15, 0.2) is 0 Å². The van der Waals surface area contributed by atoms with E-state index < -0.39 is 11.8 Å². The first-order valence-electron chi connectivity index (χ1n) is 9.58. The number of rotatable bonds is 4. The first-order valence-corrected chi connectivity index (χ1v) is 9.96. The molecule has 0 spiro atoms. The van der Waals surface area contributed by atoms with Crippen molar-refractivity contribution in [2.75, 3.05) is 37.4 Å². The highest BCUT2D eigenvalue weighted by molar-refractivity contribution is 6.31. The fourth-order valence-corrected chi connectivity index (χ4v) is 3.96. The number of nitrogens with one attached hydrogen (secondary N) is 1. The summed E-state index contributed by atoms with van der Waals surface area (Å²) in [4.78, 5) is 31.5. The fraction of sp³-hybridized carbons (Fsp3) is 0.286. The Morgan fingerprint density at radius 2 is 2.07 bits per heavy atom. The summed E-state index contributed by atoms with van der Waals surface area (Å²) in [5.41, 5.74) is 1.73. The molecule has 1 unspecified atom stereocenters. The summed E-state index contributed by atoms with van der Waals surface area (Å²) in [6.07, 6.45) is -0.177. The van der Waals surface area contributed by atoms with Gasteiger partial charge >= 0.3 is 11.8 Å². The molecule has 2 aromatic carbocycles. The fourth-order valence-electron chi connectivity index (χ4n) is 3.80. The normalized spacial score (nSPS) is 16.1.